The van der Waals surface area contributed by atoms with E-state index in [1.165, 1.54) is 20.1 Å². The number of alkyl halides is 2. The summed E-state index contributed by atoms with van der Waals surface area (Å²) < 4.78 is 46.9. The summed E-state index contributed by atoms with van der Waals surface area (Å²) >= 11 is 5.83. The number of rotatable bonds is 10. The molecule has 10 nitrogen and oxygen atoms in total. The molecule has 4 N–H and O–H groups in total. The van der Waals surface area contributed by atoms with Gasteiger partial charge in [-0.3, -0.25) is 10.2 Å². The van der Waals surface area contributed by atoms with Crippen molar-refractivity contribution in [1.29, 1.82) is 0 Å². The number of urea groups is 2. The van der Waals surface area contributed by atoms with Gasteiger partial charge in [-0.1, -0.05) is 30.7 Å². The van der Waals surface area contributed by atoms with Crippen LogP contribution in [0.4, 0.5) is 28.4 Å². The molecular weight excluding hydrogens is 495 g/mol. The molecule has 35 heavy (non-hydrogen) atoms. The first-order valence-corrected chi connectivity index (χ1v) is 10.4. The Kier molecular flexibility index (Phi) is 10.4. The van der Waals surface area contributed by atoms with Gasteiger partial charge in [0.05, 0.1) is 18.7 Å². The molecule has 0 heterocycles. The zero-order chi connectivity index (χ0) is 26.0. The average molecular weight is 518 g/mol. The van der Waals surface area contributed by atoms with Crippen molar-refractivity contribution in [1.82, 2.24) is 21.2 Å². The third-order valence-corrected chi connectivity index (χ3v) is 4.68. The molecule has 0 aliphatic heterocycles. The SMILES string of the molecule is COC(=O)[C@@H](C)CN(C(=O)NCc1ccc(Cl)cc1)C(=O)NNNc1ccc(OC(F)F)c(F)c1. The maximum Gasteiger partial charge on any atom is 0.387 e. The van der Waals surface area contributed by atoms with Gasteiger partial charge >= 0.3 is 24.6 Å². The Balaban J connectivity index is 2.00. The number of imide groups is 1. The molecule has 2 rings (SSSR count). The van der Waals surface area contributed by atoms with E-state index in [4.69, 9.17) is 11.6 Å². The lowest BCUT2D eigenvalue weighted by atomic mass is 10.2. The first kappa shape index (κ1) is 27.5. The van der Waals surface area contributed by atoms with Gasteiger partial charge in [0, 0.05) is 24.2 Å². The van der Waals surface area contributed by atoms with Crippen LogP contribution in [0.1, 0.15) is 12.5 Å². The van der Waals surface area contributed by atoms with Crippen LogP contribution in [-0.2, 0) is 16.1 Å². The predicted octanol–water partition coefficient (Wildman–Crippen LogP) is 3.64. The molecule has 0 aliphatic rings. The number of halogens is 4. The fourth-order valence-electron chi connectivity index (χ4n) is 2.68. The van der Waals surface area contributed by atoms with E-state index in [2.05, 4.69) is 31.2 Å². The molecule has 0 radical (unpaired) electrons. The molecule has 4 amide bonds. The van der Waals surface area contributed by atoms with Gasteiger partial charge in [-0.25, -0.2) is 18.9 Å². The van der Waals surface area contributed by atoms with Crippen LogP contribution in [0.2, 0.25) is 5.02 Å². The zero-order valence-electron chi connectivity index (χ0n) is 18.6. The molecule has 2 aromatic carbocycles. The third kappa shape index (κ3) is 8.87. The summed E-state index contributed by atoms with van der Waals surface area (Å²) in [6.07, 6.45) is 0. The van der Waals surface area contributed by atoms with E-state index in [1.54, 1.807) is 24.3 Å². The van der Waals surface area contributed by atoms with Crippen LogP contribution in [0.15, 0.2) is 42.5 Å². The summed E-state index contributed by atoms with van der Waals surface area (Å²) in [5, 5.41) is 3.07. The van der Waals surface area contributed by atoms with E-state index in [0.717, 1.165) is 17.0 Å². The van der Waals surface area contributed by atoms with Gasteiger partial charge in [-0.15, -0.1) is 5.53 Å². The molecule has 0 saturated carbocycles. The van der Waals surface area contributed by atoms with Crippen LogP contribution in [-0.4, -0.2) is 43.2 Å². The summed E-state index contributed by atoms with van der Waals surface area (Å²) in [7, 11) is 1.17. The van der Waals surface area contributed by atoms with Crippen LogP contribution in [0.25, 0.3) is 0 Å². The fraction of sp³-hybridized carbons (Fsp3) is 0.286. The number of carbonyl (C=O) groups excluding carboxylic acids is 3. The number of nitrogens with one attached hydrogen (secondary N) is 4. The van der Waals surface area contributed by atoms with Crippen molar-refractivity contribution in [2.75, 3.05) is 19.1 Å². The largest absolute Gasteiger partial charge is 0.469 e. The van der Waals surface area contributed by atoms with Crippen molar-refractivity contribution < 1.29 is 37.0 Å². The van der Waals surface area contributed by atoms with Gasteiger partial charge < -0.3 is 20.2 Å². The van der Waals surface area contributed by atoms with E-state index < -0.39 is 42.1 Å². The molecule has 1 atom stereocenters. The highest BCUT2D eigenvalue weighted by Crippen LogP contribution is 2.22. The van der Waals surface area contributed by atoms with Crippen molar-refractivity contribution in [2.45, 2.75) is 20.1 Å². The number of carbonyl (C=O) groups is 3. The van der Waals surface area contributed by atoms with Crippen LogP contribution >= 0.6 is 11.6 Å². The van der Waals surface area contributed by atoms with Gasteiger partial charge in [0.25, 0.3) is 0 Å². The molecule has 0 saturated heterocycles. The van der Waals surface area contributed by atoms with Crippen molar-refractivity contribution >= 4 is 35.3 Å². The first-order chi connectivity index (χ1) is 16.6. The van der Waals surface area contributed by atoms with Crippen molar-refractivity contribution in [2.24, 2.45) is 5.92 Å². The van der Waals surface area contributed by atoms with E-state index >= 15 is 0 Å². The minimum absolute atomic E-state index is 0.0473. The Morgan fingerprint density at radius 3 is 2.37 bits per heavy atom. The Labute approximate surface area is 203 Å². The van der Waals surface area contributed by atoms with Gasteiger partial charge in [0.2, 0.25) is 0 Å². The fourth-order valence-corrected chi connectivity index (χ4v) is 2.80. The molecule has 0 aliphatic carbocycles. The van der Waals surface area contributed by atoms with Gasteiger partial charge in [0.15, 0.2) is 11.6 Å². The summed E-state index contributed by atoms with van der Waals surface area (Å²) in [5.41, 5.74) is 7.61. The second kappa shape index (κ2) is 13.2. The normalized spacial score (nSPS) is 11.4. The number of methoxy groups -OCH3 is 1. The molecule has 190 valence electrons. The number of hydrogen-bond donors (Lipinski definition) is 4. The number of amides is 4. The summed E-state index contributed by atoms with van der Waals surface area (Å²) in [5.74, 6) is -3.20. The number of nitrogens with zero attached hydrogens (tertiary/aromatic N) is 1. The molecule has 0 fully saturated rings. The number of hydrazine groups is 2. The lowest BCUT2D eigenvalue weighted by Gasteiger charge is -2.24. The second-order valence-corrected chi connectivity index (χ2v) is 7.46. The first-order valence-electron chi connectivity index (χ1n) is 10.0. The Hall–Kier alpha value is -3.71. The number of hydrogen-bond acceptors (Lipinski definition) is 7. The van der Waals surface area contributed by atoms with Gasteiger partial charge in [-0.05, 0) is 29.8 Å². The highest BCUT2D eigenvalue weighted by Gasteiger charge is 2.27. The van der Waals surface area contributed by atoms with Crippen molar-refractivity contribution in [3.05, 3.63) is 58.9 Å². The van der Waals surface area contributed by atoms with Crippen LogP contribution < -0.4 is 26.4 Å². The molecule has 2 aromatic rings. The second-order valence-electron chi connectivity index (χ2n) is 7.02. The standard InChI is InChI=1S/C21H23ClF3N5O5/c1-12(18(31)34-2)11-30(20(32)26-10-13-3-5-14(22)6-4-13)21(33)28-29-27-15-7-8-17(16(23)9-15)35-19(24)25/h3-9,12,19,27,29H,10-11H2,1-2H3,(H,26,32)(H,28,33)/t12-/m0/s1. The number of anilines is 1. The van der Waals surface area contributed by atoms with E-state index in [0.29, 0.717) is 10.6 Å². The molecule has 14 heteroatoms. The molecular formula is C21H23ClF3N5O5. The summed E-state index contributed by atoms with van der Waals surface area (Å²) in [6, 6.07) is 7.88. The van der Waals surface area contributed by atoms with E-state index in [-0.39, 0.29) is 18.8 Å². The van der Waals surface area contributed by atoms with Gasteiger partial charge in [0.1, 0.15) is 0 Å². The number of benzene rings is 2. The topological polar surface area (TPSA) is 121 Å². The predicted molar refractivity (Wildman–Crippen MR) is 120 cm³/mol. The quantitative estimate of drug-likeness (QED) is 0.280. The highest BCUT2D eigenvalue weighted by molar-refractivity contribution is 6.30. The van der Waals surface area contributed by atoms with Crippen LogP contribution in [0.3, 0.4) is 0 Å². The zero-order valence-corrected chi connectivity index (χ0v) is 19.4. The third-order valence-electron chi connectivity index (χ3n) is 4.43. The number of ether oxygens (including phenoxy) is 2. The van der Waals surface area contributed by atoms with Crippen molar-refractivity contribution in [3.8, 4) is 5.75 Å². The van der Waals surface area contributed by atoms with E-state index in [1.807, 2.05) is 0 Å². The monoisotopic (exact) mass is 517 g/mol. The Morgan fingerprint density at radius 2 is 1.77 bits per heavy atom. The molecule has 0 aromatic heterocycles. The summed E-state index contributed by atoms with van der Waals surface area (Å²) in [4.78, 5) is 37.8. The Bertz CT molecular complexity index is 1030. The highest BCUT2D eigenvalue weighted by atomic mass is 35.5. The maximum absolute atomic E-state index is 13.8. The molecule has 0 unspecified atom stereocenters. The average Bonchev–Trinajstić information content (AvgIpc) is 2.82. The van der Waals surface area contributed by atoms with Gasteiger partial charge in [-0.2, -0.15) is 8.78 Å². The van der Waals surface area contributed by atoms with Crippen molar-refractivity contribution in [3.63, 3.8) is 0 Å². The van der Waals surface area contributed by atoms with E-state index in [9.17, 15) is 27.6 Å². The number of esters is 1. The molecule has 0 bridgehead atoms. The smallest absolute Gasteiger partial charge is 0.387 e. The molecule has 0 spiro atoms. The lowest BCUT2D eigenvalue weighted by molar-refractivity contribution is -0.145. The maximum atomic E-state index is 13.8. The minimum Gasteiger partial charge on any atom is -0.469 e. The lowest BCUT2D eigenvalue weighted by Crippen LogP contribution is -2.54. The Morgan fingerprint density at radius 1 is 1.09 bits per heavy atom. The van der Waals surface area contributed by atoms with Crippen LogP contribution in [0, 0.1) is 11.7 Å². The van der Waals surface area contributed by atoms with Crippen LogP contribution in [0.5, 0.6) is 5.75 Å². The minimum atomic E-state index is -3.19. The summed E-state index contributed by atoms with van der Waals surface area (Å²) in [6.45, 7) is -1.97.